The molecule has 2 nitrogen and oxygen atoms in total. The molecule has 0 heterocycles. The van der Waals surface area contributed by atoms with Crippen LogP contribution in [0.2, 0.25) is 0 Å². The first-order valence-electron chi connectivity index (χ1n) is 13.4. The Hall–Kier alpha value is -1.94. The lowest BCUT2D eigenvalue weighted by atomic mass is 9.69. The monoisotopic (exact) mass is 470 g/mol. The second kappa shape index (κ2) is 12.2. The number of hydrogen-bond donors (Lipinski definition) is 0. The van der Waals surface area contributed by atoms with Crippen LogP contribution in [-0.2, 0) is 17.8 Å². The maximum Gasteiger partial charge on any atom is 0.200 e. The van der Waals surface area contributed by atoms with Crippen LogP contribution in [0.25, 0.3) is 0 Å². The minimum absolute atomic E-state index is 0.0347. The van der Waals surface area contributed by atoms with Gasteiger partial charge in [-0.2, -0.15) is 4.39 Å². The molecule has 0 amide bonds. The van der Waals surface area contributed by atoms with Gasteiger partial charge in [0.1, 0.15) is 0 Å². The molecule has 0 radical (unpaired) electrons. The van der Waals surface area contributed by atoms with Crippen molar-refractivity contribution in [3.63, 3.8) is 0 Å². The molecule has 2 aliphatic carbocycles. The van der Waals surface area contributed by atoms with E-state index in [4.69, 9.17) is 9.47 Å². The van der Waals surface area contributed by atoms with Gasteiger partial charge in [0.25, 0.3) is 0 Å². The van der Waals surface area contributed by atoms with Crippen molar-refractivity contribution in [1.29, 1.82) is 0 Å². The lowest BCUT2D eigenvalue weighted by Crippen LogP contribution is -2.28. The Labute approximate surface area is 204 Å². The van der Waals surface area contributed by atoms with E-state index in [1.165, 1.54) is 68.6 Å². The number of ether oxygens (including phenoxy) is 2. The molecule has 2 saturated carbocycles. The molecule has 0 bridgehead atoms. The van der Waals surface area contributed by atoms with Gasteiger partial charge in [-0.25, -0.2) is 4.39 Å². The van der Waals surface area contributed by atoms with Gasteiger partial charge in [0.05, 0.1) is 19.3 Å². The Bertz CT molecular complexity index is 895. The topological polar surface area (TPSA) is 18.5 Å². The maximum atomic E-state index is 14.3. The predicted octanol–water partition coefficient (Wildman–Crippen LogP) is 8.37. The van der Waals surface area contributed by atoms with E-state index in [-0.39, 0.29) is 24.0 Å². The summed E-state index contributed by atoms with van der Waals surface area (Å²) in [6.45, 7) is 4.41. The Morgan fingerprint density at radius 2 is 1.41 bits per heavy atom. The molecule has 34 heavy (non-hydrogen) atoms. The second-order valence-electron chi connectivity index (χ2n) is 10.2. The minimum Gasteiger partial charge on any atom is -0.491 e. The van der Waals surface area contributed by atoms with Crippen LogP contribution in [0.4, 0.5) is 8.78 Å². The lowest BCUT2D eigenvalue weighted by molar-refractivity contribution is -0.00324. The van der Waals surface area contributed by atoms with Crippen LogP contribution in [0, 0.1) is 23.5 Å². The van der Waals surface area contributed by atoms with Crippen molar-refractivity contribution in [3.05, 3.63) is 64.7 Å². The molecule has 4 heteroatoms. The molecule has 2 fully saturated rings. The van der Waals surface area contributed by atoms with E-state index >= 15 is 0 Å². The van der Waals surface area contributed by atoms with Crippen molar-refractivity contribution in [2.24, 2.45) is 11.8 Å². The summed E-state index contributed by atoms with van der Waals surface area (Å²) >= 11 is 0. The van der Waals surface area contributed by atoms with E-state index in [0.29, 0.717) is 6.61 Å². The lowest BCUT2D eigenvalue weighted by Gasteiger charge is -2.38. The van der Waals surface area contributed by atoms with Crippen LogP contribution < -0.4 is 4.74 Å². The number of halogens is 2. The zero-order chi connectivity index (χ0) is 23.9. The summed E-state index contributed by atoms with van der Waals surface area (Å²) in [5.41, 5.74) is 3.24. The van der Waals surface area contributed by atoms with Crippen LogP contribution in [-0.4, -0.2) is 12.7 Å². The zero-order valence-electron chi connectivity index (χ0n) is 20.8. The number of aryl methyl sites for hydroxylation is 1. The smallest absolute Gasteiger partial charge is 0.200 e. The van der Waals surface area contributed by atoms with Crippen molar-refractivity contribution in [2.75, 3.05) is 6.61 Å². The summed E-state index contributed by atoms with van der Waals surface area (Å²) in [5.74, 6) is 0.528. The molecule has 0 N–H and O–H groups in total. The number of hydrogen-bond acceptors (Lipinski definition) is 2. The highest BCUT2D eigenvalue weighted by Gasteiger charge is 2.31. The van der Waals surface area contributed by atoms with E-state index < -0.39 is 11.6 Å². The fraction of sp³-hybridized carbons (Fsp3) is 0.600. The van der Waals surface area contributed by atoms with E-state index in [9.17, 15) is 8.78 Å². The third-order valence-corrected chi connectivity index (χ3v) is 8.05. The van der Waals surface area contributed by atoms with E-state index in [0.717, 1.165) is 30.6 Å². The molecule has 0 unspecified atom stereocenters. The summed E-state index contributed by atoms with van der Waals surface area (Å²) in [5, 5.41) is 0. The molecule has 186 valence electrons. The number of benzene rings is 2. The maximum absolute atomic E-state index is 14.3. The quantitative estimate of drug-likeness (QED) is 0.366. The molecular formula is C30H40F2O2. The average molecular weight is 471 g/mol. The van der Waals surface area contributed by atoms with Gasteiger partial charge in [-0.15, -0.1) is 0 Å². The van der Waals surface area contributed by atoms with Crippen LogP contribution >= 0.6 is 0 Å². The van der Waals surface area contributed by atoms with Gasteiger partial charge in [0.15, 0.2) is 11.6 Å². The fourth-order valence-corrected chi connectivity index (χ4v) is 6.05. The Kier molecular flexibility index (Phi) is 8.99. The fourth-order valence-electron chi connectivity index (χ4n) is 6.05. The molecule has 0 spiro atoms. The Balaban J connectivity index is 1.20. The third-order valence-electron chi connectivity index (χ3n) is 8.05. The van der Waals surface area contributed by atoms with Gasteiger partial charge in [-0.05, 0) is 106 Å². The van der Waals surface area contributed by atoms with E-state index in [1.54, 1.807) is 13.0 Å². The van der Waals surface area contributed by atoms with Gasteiger partial charge < -0.3 is 9.47 Å². The van der Waals surface area contributed by atoms with E-state index in [2.05, 4.69) is 31.2 Å². The van der Waals surface area contributed by atoms with Crippen LogP contribution in [0.1, 0.15) is 94.2 Å². The van der Waals surface area contributed by atoms with Gasteiger partial charge in [-0.3, -0.25) is 0 Å². The van der Waals surface area contributed by atoms with Gasteiger partial charge in [0.2, 0.25) is 5.82 Å². The summed E-state index contributed by atoms with van der Waals surface area (Å²) in [6.07, 6.45) is 12.2. The van der Waals surface area contributed by atoms with Gasteiger partial charge >= 0.3 is 0 Å². The standard InChI is InChI=1S/C30H40F2O2/c1-3-5-21-6-8-22(9-7-21)23-10-12-24(13-11-23)25-14-17-27(18-15-25)34-20-26-16-19-28(33-4-2)30(32)29(26)31/h6-9,16,19,23-25,27H,3-5,10-15,17-18,20H2,1-2H3. The molecule has 2 aliphatic rings. The zero-order valence-corrected chi connectivity index (χ0v) is 20.8. The van der Waals surface area contributed by atoms with Crippen LogP contribution in [0.15, 0.2) is 36.4 Å². The summed E-state index contributed by atoms with van der Waals surface area (Å²) in [6, 6.07) is 12.4. The molecule has 2 aromatic rings. The van der Waals surface area contributed by atoms with Crippen LogP contribution in [0.5, 0.6) is 5.75 Å². The van der Waals surface area contributed by atoms with E-state index in [1.807, 2.05) is 0 Å². The SMILES string of the molecule is CCCc1ccc(C2CCC(C3CCC(OCc4ccc(OCC)c(F)c4F)CC3)CC2)cc1. The summed E-state index contributed by atoms with van der Waals surface area (Å²) in [7, 11) is 0. The van der Waals surface area contributed by atoms with Crippen molar-refractivity contribution < 1.29 is 18.3 Å². The van der Waals surface area contributed by atoms with Gasteiger partial charge in [-0.1, -0.05) is 37.6 Å². The first kappa shape index (κ1) is 25.2. The highest BCUT2D eigenvalue weighted by atomic mass is 19.2. The molecule has 0 aliphatic heterocycles. The third kappa shape index (κ3) is 6.19. The van der Waals surface area contributed by atoms with Crippen molar-refractivity contribution >= 4 is 0 Å². The van der Waals surface area contributed by atoms with Crippen molar-refractivity contribution in [1.82, 2.24) is 0 Å². The normalized spacial score (nSPS) is 25.3. The van der Waals surface area contributed by atoms with Crippen molar-refractivity contribution in [3.8, 4) is 5.75 Å². The highest BCUT2D eigenvalue weighted by molar-refractivity contribution is 5.31. The van der Waals surface area contributed by atoms with Crippen LogP contribution in [0.3, 0.4) is 0 Å². The van der Waals surface area contributed by atoms with Crippen molar-refractivity contribution in [2.45, 2.75) is 96.7 Å². The first-order chi connectivity index (χ1) is 16.6. The molecule has 0 saturated heterocycles. The summed E-state index contributed by atoms with van der Waals surface area (Å²) in [4.78, 5) is 0. The largest absolute Gasteiger partial charge is 0.491 e. The second-order valence-corrected chi connectivity index (χ2v) is 10.2. The summed E-state index contributed by atoms with van der Waals surface area (Å²) < 4.78 is 39.5. The predicted molar refractivity (Wildman–Crippen MR) is 133 cm³/mol. The Morgan fingerprint density at radius 1 is 0.765 bits per heavy atom. The molecule has 0 atom stereocenters. The Morgan fingerprint density at radius 3 is 2.03 bits per heavy atom. The first-order valence-corrected chi connectivity index (χ1v) is 13.4. The highest BCUT2D eigenvalue weighted by Crippen LogP contribution is 2.43. The number of rotatable bonds is 9. The van der Waals surface area contributed by atoms with Gasteiger partial charge in [0, 0.05) is 5.56 Å². The minimum atomic E-state index is -0.917. The molecule has 2 aromatic carbocycles. The molecular weight excluding hydrogens is 430 g/mol. The average Bonchev–Trinajstić information content (AvgIpc) is 2.88. The molecule has 4 rings (SSSR count). The molecule has 0 aromatic heterocycles.